The standard InChI is InChI=1S/C6H11N.CH4/c1-2-6-3-5(1)4-7-6;/h5-7H,1-4H2;1H4. The van der Waals surface area contributed by atoms with Gasteiger partial charge in [0, 0.05) is 6.04 Å². The molecule has 1 heteroatoms. The normalized spacial score (nSPS) is 42.0. The van der Waals surface area contributed by atoms with Crippen LogP contribution < -0.4 is 5.32 Å². The Morgan fingerprint density at radius 2 is 2.12 bits per heavy atom. The van der Waals surface area contributed by atoms with Crippen LogP contribution in [-0.4, -0.2) is 12.6 Å². The fourth-order valence-electron chi connectivity index (χ4n) is 1.78. The molecule has 2 atom stereocenters. The molecule has 2 bridgehead atoms. The van der Waals surface area contributed by atoms with Crippen molar-refractivity contribution < 1.29 is 0 Å². The summed E-state index contributed by atoms with van der Waals surface area (Å²) in [5, 5.41) is 3.46. The van der Waals surface area contributed by atoms with Gasteiger partial charge in [-0.05, 0) is 31.7 Å². The summed E-state index contributed by atoms with van der Waals surface area (Å²) in [6, 6.07) is 0.921. The summed E-state index contributed by atoms with van der Waals surface area (Å²) in [6.07, 6.45) is 4.42. The van der Waals surface area contributed by atoms with Crippen molar-refractivity contribution in [3.63, 3.8) is 0 Å². The van der Waals surface area contributed by atoms with E-state index in [-0.39, 0.29) is 7.43 Å². The summed E-state index contributed by atoms with van der Waals surface area (Å²) in [7, 11) is 0. The lowest BCUT2D eigenvalue weighted by molar-refractivity contribution is 0.504. The fraction of sp³-hybridized carbons (Fsp3) is 1.00. The Bertz CT molecular complexity index is 62.5. The van der Waals surface area contributed by atoms with Gasteiger partial charge in [-0.15, -0.1) is 0 Å². The van der Waals surface area contributed by atoms with Crippen molar-refractivity contribution in [2.75, 3.05) is 6.54 Å². The lowest BCUT2D eigenvalue weighted by Crippen LogP contribution is -2.23. The van der Waals surface area contributed by atoms with Gasteiger partial charge in [-0.1, -0.05) is 7.43 Å². The molecular formula is C7H15N. The smallest absolute Gasteiger partial charge is 0.00704 e. The molecule has 1 nitrogen and oxygen atoms in total. The Morgan fingerprint density at radius 1 is 1.25 bits per heavy atom. The molecular weight excluding hydrogens is 98.1 g/mol. The molecule has 0 aromatic heterocycles. The second-order valence-corrected chi connectivity index (χ2v) is 2.78. The lowest BCUT2D eigenvalue weighted by Gasteiger charge is -2.08. The van der Waals surface area contributed by atoms with E-state index in [4.69, 9.17) is 0 Å². The zero-order valence-corrected chi connectivity index (χ0v) is 4.48. The van der Waals surface area contributed by atoms with Crippen molar-refractivity contribution in [2.24, 2.45) is 5.92 Å². The number of hydrogen-bond acceptors (Lipinski definition) is 1. The van der Waals surface area contributed by atoms with Crippen LogP contribution in [0.4, 0.5) is 0 Å². The van der Waals surface area contributed by atoms with E-state index in [0.717, 1.165) is 12.0 Å². The van der Waals surface area contributed by atoms with Crippen LogP contribution in [-0.2, 0) is 0 Å². The first-order valence-corrected chi connectivity index (χ1v) is 3.18. The van der Waals surface area contributed by atoms with Gasteiger partial charge in [-0.2, -0.15) is 0 Å². The summed E-state index contributed by atoms with van der Waals surface area (Å²) in [5.74, 6) is 1.06. The van der Waals surface area contributed by atoms with E-state index in [1.807, 2.05) is 0 Å². The van der Waals surface area contributed by atoms with Gasteiger partial charge in [0.2, 0.25) is 0 Å². The van der Waals surface area contributed by atoms with Crippen LogP contribution in [0.5, 0.6) is 0 Å². The van der Waals surface area contributed by atoms with Gasteiger partial charge < -0.3 is 5.32 Å². The van der Waals surface area contributed by atoms with Crippen LogP contribution in [0.15, 0.2) is 0 Å². The first kappa shape index (κ1) is 6.09. The van der Waals surface area contributed by atoms with E-state index in [9.17, 15) is 0 Å². The molecule has 0 spiro atoms. The SMILES string of the molecule is C.C1CC2CC1CN2. The molecule has 0 radical (unpaired) electrons. The molecule has 2 rings (SSSR count). The Labute approximate surface area is 51.5 Å². The molecule has 0 amide bonds. The molecule has 1 saturated heterocycles. The molecule has 2 unspecified atom stereocenters. The van der Waals surface area contributed by atoms with Crippen LogP contribution in [0.25, 0.3) is 0 Å². The highest BCUT2D eigenvalue weighted by Gasteiger charge is 2.30. The Morgan fingerprint density at radius 3 is 2.25 bits per heavy atom. The second-order valence-electron chi connectivity index (χ2n) is 2.78. The van der Waals surface area contributed by atoms with Crippen LogP contribution in [0.1, 0.15) is 26.7 Å². The maximum atomic E-state index is 3.46. The Kier molecular flexibility index (Phi) is 1.57. The molecule has 2 aliphatic rings. The molecule has 8 heavy (non-hydrogen) atoms. The van der Waals surface area contributed by atoms with E-state index in [1.54, 1.807) is 0 Å². The average Bonchev–Trinajstić information content (AvgIpc) is 2.22. The maximum absolute atomic E-state index is 3.46. The topological polar surface area (TPSA) is 12.0 Å². The molecule has 2 fully saturated rings. The molecule has 0 aromatic rings. The number of piperidine rings is 1. The molecule has 48 valence electrons. The van der Waals surface area contributed by atoms with Crippen molar-refractivity contribution in [1.82, 2.24) is 5.32 Å². The highest BCUT2D eigenvalue weighted by atomic mass is 15.0. The Hall–Kier alpha value is -0.0400. The van der Waals surface area contributed by atoms with Gasteiger partial charge in [-0.3, -0.25) is 0 Å². The molecule has 1 heterocycles. The third-order valence-electron chi connectivity index (χ3n) is 2.24. The second kappa shape index (κ2) is 2.06. The first-order chi connectivity index (χ1) is 3.45. The fourth-order valence-corrected chi connectivity index (χ4v) is 1.78. The predicted octanol–water partition coefficient (Wildman–Crippen LogP) is 1.39. The van der Waals surface area contributed by atoms with Crippen LogP contribution in [0, 0.1) is 5.92 Å². The van der Waals surface area contributed by atoms with Gasteiger partial charge in [0.1, 0.15) is 0 Å². The van der Waals surface area contributed by atoms with Gasteiger partial charge in [-0.25, -0.2) is 0 Å². The summed E-state index contributed by atoms with van der Waals surface area (Å²) in [4.78, 5) is 0. The van der Waals surface area contributed by atoms with Crippen molar-refractivity contribution in [3.05, 3.63) is 0 Å². The monoisotopic (exact) mass is 113 g/mol. The van der Waals surface area contributed by atoms with E-state index < -0.39 is 0 Å². The minimum absolute atomic E-state index is 0. The molecule has 1 aliphatic heterocycles. The van der Waals surface area contributed by atoms with Gasteiger partial charge in [0.15, 0.2) is 0 Å². The minimum Gasteiger partial charge on any atom is -0.314 e. The predicted molar refractivity (Wildman–Crippen MR) is 35.9 cm³/mol. The highest BCUT2D eigenvalue weighted by Crippen LogP contribution is 2.29. The van der Waals surface area contributed by atoms with Gasteiger partial charge in [0.25, 0.3) is 0 Å². The zero-order valence-electron chi connectivity index (χ0n) is 4.48. The van der Waals surface area contributed by atoms with Crippen molar-refractivity contribution in [1.29, 1.82) is 0 Å². The minimum atomic E-state index is 0. The van der Waals surface area contributed by atoms with Crippen LogP contribution in [0.3, 0.4) is 0 Å². The molecule has 1 N–H and O–H groups in total. The third-order valence-corrected chi connectivity index (χ3v) is 2.24. The summed E-state index contributed by atoms with van der Waals surface area (Å²) < 4.78 is 0. The van der Waals surface area contributed by atoms with E-state index in [1.165, 1.54) is 25.8 Å². The number of rotatable bonds is 0. The number of hydrogen-bond donors (Lipinski definition) is 1. The van der Waals surface area contributed by atoms with Gasteiger partial charge in [0.05, 0.1) is 0 Å². The van der Waals surface area contributed by atoms with Crippen molar-refractivity contribution >= 4 is 0 Å². The summed E-state index contributed by atoms with van der Waals surface area (Å²) in [6.45, 7) is 1.31. The first-order valence-electron chi connectivity index (χ1n) is 3.18. The zero-order chi connectivity index (χ0) is 4.69. The Balaban J connectivity index is 0.000000320. The van der Waals surface area contributed by atoms with E-state index in [0.29, 0.717) is 0 Å². The van der Waals surface area contributed by atoms with Gasteiger partial charge >= 0.3 is 0 Å². The molecule has 0 aromatic carbocycles. The highest BCUT2D eigenvalue weighted by molar-refractivity contribution is 4.88. The number of fused-ring (bicyclic) bond motifs is 2. The largest absolute Gasteiger partial charge is 0.314 e. The van der Waals surface area contributed by atoms with Crippen LogP contribution in [0.2, 0.25) is 0 Å². The lowest BCUT2D eigenvalue weighted by atomic mass is 10.1. The number of nitrogens with one attached hydrogen (secondary N) is 1. The third kappa shape index (κ3) is 0.752. The van der Waals surface area contributed by atoms with E-state index in [2.05, 4.69) is 5.32 Å². The molecule has 1 aliphatic carbocycles. The quantitative estimate of drug-likeness (QED) is 0.500. The average molecular weight is 113 g/mol. The van der Waals surface area contributed by atoms with Crippen molar-refractivity contribution in [3.8, 4) is 0 Å². The van der Waals surface area contributed by atoms with Crippen LogP contribution >= 0.6 is 0 Å². The maximum Gasteiger partial charge on any atom is 0.00704 e. The summed E-state index contributed by atoms with van der Waals surface area (Å²) >= 11 is 0. The summed E-state index contributed by atoms with van der Waals surface area (Å²) in [5.41, 5.74) is 0. The van der Waals surface area contributed by atoms with E-state index >= 15 is 0 Å². The molecule has 1 saturated carbocycles. The van der Waals surface area contributed by atoms with Crippen molar-refractivity contribution in [2.45, 2.75) is 32.7 Å².